The molecule has 0 aliphatic rings. The molecule has 0 aliphatic carbocycles. The Morgan fingerprint density at radius 2 is 2.00 bits per heavy atom. The van der Waals surface area contributed by atoms with E-state index in [0.717, 1.165) is 0 Å². The highest BCUT2D eigenvalue weighted by Gasteiger charge is 2.13. The van der Waals surface area contributed by atoms with Gasteiger partial charge in [-0.25, -0.2) is 9.59 Å². The summed E-state index contributed by atoms with van der Waals surface area (Å²) in [5.41, 5.74) is 0.568. The quantitative estimate of drug-likeness (QED) is 0.810. The number of carboxylic acid groups (broad SMARTS) is 1. The van der Waals surface area contributed by atoms with Gasteiger partial charge in [0.25, 0.3) is 0 Å². The Morgan fingerprint density at radius 1 is 1.20 bits per heavy atom. The van der Waals surface area contributed by atoms with Crippen molar-refractivity contribution in [3.8, 4) is 0 Å². The highest BCUT2D eigenvalue weighted by molar-refractivity contribution is 6.31. The number of carboxylic acids is 1. The van der Waals surface area contributed by atoms with Crippen LogP contribution in [0.25, 0.3) is 0 Å². The third-order valence-electron chi connectivity index (χ3n) is 2.38. The molecule has 0 radical (unpaired) electrons. The maximum Gasteiger partial charge on any atom is 0.337 e. The van der Waals surface area contributed by atoms with Gasteiger partial charge in [-0.3, -0.25) is 4.98 Å². The molecule has 0 bridgehead atoms. The van der Waals surface area contributed by atoms with Crippen molar-refractivity contribution in [2.45, 2.75) is 0 Å². The van der Waals surface area contributed by atoms with Gasteiger partial charge in [-0.2, -0.15) is 0 Å². The molecule has 0 saturated heterocycles. The molecule has 3 N–H and O–H groups in total. The highest BCUT2D eigenvalue weighted by Crippen LogP contribution is 2.21. The van der Waals surface area contributed by atoms with Crippen LogP contribution in [0.15, 0.2) is 42.7 Å². The first-order valence-corrected chi connectivity index (χ1v) is 5.95. The van der Waals surface area contributed by atoms with Crippen LogP contribution in [-0.4, -0.2) is 22.1 Å². The van der Waals surface area contributed by atoms with Gasteiger partial charge in [0.1, 0.15) is 0 Å². The van der Waals surface area contributed by atoms with Crippen LogP contribution >= 0.6 is 11.6 Å². The van der Waals surface area contributed by atoms with E-state index in [9.17, 15) is 9.59 Å². The number of hydrogen-bond acceptors (Lipinski definition) is 3. The molecule has 102 valence electrons. The average Bonchev–Trinajstić information content (AvgIpc) is 2.41. The third kappa shape index (κ3) is 3.46. The van der Waals surface area contributed by atoms with Gasteiger partial charge < -0.3 is 15.7 Å². The Bertz CT molecular complexity index is 647. The summed E-state index contributed by atoms with van der Waals surface area (Å²) < 4.78 is 0. The summed E-state index contributed by atoms with van der Waals surface area (Å²) in [5, 5.41) is 14.3. The molecule has 1 heterocycles. The molecule has 6 nitrogen and oxygen atoms in total. The van der Waals surface area contributed by atoms with Crippen LogP contribution in [0, 0.1) is 0 Å². The fourth-order valence-electron chi connectivity index (χ4n) is 1.52. The fourth-order valence-corrected chi connectivity index (χ4v) is 1.70. The number of urea groups is 1. The van der Waals surface area contributed by atoms with Crippen molar-refractivity contribution in [1.82, 2.24) is 4.98 Å². The highest BCUT2D eigenvalue weighted by atomic mass is 35.5. The minimum Gasteiger partial charge on any atom is -0.478 e. The molecule has 2 amide bonds. The lowest BCUT2D eigenvalue weighted by Gasteiger charge is -2.10. The van der Waals surface area contributed by atoms with Crippen LogP contribution < -0.4 is 10.6 Å². The van der Waals surface area contributed by atoms with Crippen LogP contribution in [0.4, 0.5) is 16.2 Å². The summed E-state index contributed by atoms with van der Waals surface area (Å²) in [4.78, 5) is 26.7. The number of hydrogen-bond donors (Lipinski definition) is 3. The standard InChI is InChI=1S/C13H10ClN3O3/c14-8-3-4-11(10(6-8)12(18)19)17-13(20)16-9-2-1-5-15-7-9/h1-7H,(H,18,19)(H2,16,17,20). The molecule has 0 saturated carbocycles. The second-order valence-electron chi connectivity index (χ2n) is 3.82. The molecule has 7 heteroatoms. The molecule has 0 atom stereocenters. The van der Waals surface area contributed by atoms with E-state index in [1.165, 1.54) is 24.4 Å². The molecular weight excluding hydrogens is 282 g/mol. The lowest BCUT2D eigenvalue weighted by Crippen LogP contribution is -2.21. The number of benzene rings is 1. The van der Waals surface area contributed by atoms with E-state index in [4.69, 9.17) is 16.7 Å². The van der Waals surface area contributed by atoms with Gasteiger partial charge in [0.05, 0.1) is 23.1 Å². The van der Waals surface area contributed by atoms with Gasteiger partial charge in [-0.1, -0.05) is 11.6 Å². The molecule has 2 aromatic rings. The molecular formula is C13H10ClN3O3. The Balaban J connectivity index is 2.14. The van der Waals surface area contributed by atoms with Crippen molar-refractivity contribution in [1.29, 1.82) is 0 Å². The zero-order chi connectivity index (χ0) is 14.5. The van der Waals surface area contributed by atoms with Crippen molar-refractivity contribution < 1.29 is 14.7 Å². The van der Waals surface area contributed by atoms with Crippen molar-refractivity contribution in [3.63, 3.8) is 0 Å². The number of halogens is 1. The molecule has 1 aromatic heterocycles. The van der Waals surface area contributed by atoms with E-state index in [0.29, 0.717) is 5.69 Å². The van der Waals surface area contributed by atoms with Crippen molar-refractivity contribution in [2.24, 2.45) is 0 Å². The normalized spacial score (nSPS) is 9.85. The van der Waals surface area contributed by atoms with E-state index >= 15 is 0 Å². The number of pyridine rings is 1. The molecule has 2 rings (SSSR count). The summed E-state index contributed by atoms with van der Waals surface area (Å²) in [7, 11) is 0. The number of rotatable bonds is 3. The minimum absolute atomic E-state index is 0.0844. The van der Waals surface area contributed by atoms with E-state index in [1.54, 1.807) is 18.3 Å². The first-order valence-electron chi connectivity index (χ1n) is 5.57. The van der Waals surface area contributed by atoms with Gasteiger partial charge in [-0.15, -0.1) is 0 Å². The number of carbonyl (C=O) groups is 2. The van der Waals surface area contributed by atoms with Gasteiger partial charge in [0, 0.05) is 11.2 Å². The molecule has 0 spiro atoms. The van der Waals surface area contributed by atoms with E-state index in [1.807, 2.05) is 0 Å². The summed E-state index contributed by atoms with van der Waals surface area (Å²) in [6, 6.07) is 6.95. The van der Waals surface area contributed by atoms with Gasteiger partial charge in [-0.05, 0) is 30.3 Å². The topological polar surface area (TPSA) is 91.3 Å². The fraction of sp³-hybridized carbons (Fsp3) is 0. The first kappa shape index (κ1) is 13.8. The number of carbonyl (C=O) groups excluding carboxylic acids is 1. The Kier molecular flexibility index (Phi) is 4.17. The average molecular weight is 292 g/mol. The van der Waals surface area contributed by atoms with E-state index in [-0.39, 0.29) is 16.3 Å². The summed E-state index contributed by atoms with van der Waals surface area (Å²) in [6.45, 7) is 0. The molecule has 0 fully saturated rings. The summed E-state index contributed by atoms with van der Waals surface area (Å²) in [6.07, 6.45) is 3.05. The van der Waals surface area contributed by atoms with Crippen LogP contribution in [0.1, 0.15) is 10.4 Å². The third-order valence-corrected chi connectivity index (χ3v) is 2.61. The smallest absolute Gasteiger partial charge is 0.337 e. The largest absolute Gasteiger partial charge is 0.478 e. The van der Waals surface area contributed by atoms with Crippen molar-refractivity contribution >= 4 is 35.0 Å². The van der Waals surface area contributed by atoms with Gasteiger partial charge in [0.15, 0.2) is 0 Å². The number of anilines is 2. The lowest BCUT2D eigenvalue weighted by atomic mass is 10.2. The number of aromatic carboxylic acids is 1. The predicted octanol–water partition coefficient (Wildman–Crippen LogP) is 3.08. The molecule has 0 aliphatic heterocycles. The SMILES string of the molecule is O=C(Nc1cccnc1)Nc1ccc(Cl)cc1C(=O)O. The number of nitrogens with one attached hydrogen (secondary N) is 2. The maximum absolute atomic E-state index is 11.8. The van der Waals surface area contributed by atoms with Crippen molar-refractivity contribution in [2.75, 3.05) is 10.6 Å². The van der Waals surface area contributed by atoms with Crippen LogP contribution in [-0.2, 0) is 0 Å². The maximum atomic E-state index is 11.8. The van der Waals surface area contributed by atoms with Gasteiger partial charge in [0.2, 0.25) is 0 Å². The second kappa shape index (κ2) is 6.03. The van der Waals surface area contributed by atoms with Crippen LogP contribution in [0.3, 0.4) is 0 Å². The van der Waals surface area contributed by atoms with Crippen LogP contribution in [0.2, 0.25) is 5.02 Å². The summed E-state index contributed by atoms with van der Waals surface area (Å²) >= 11 is 5.73. The summed E-state index contributed by atoms with van der Waals surface area (Å²) in [5.74, 6) is -1.18. The zero-order valence-corrected chi connectivity index (χ0v) is 10.9. The number of amides is 2. The van der Waals surface area contributed by atoms with E-state index in [2.05, 4.69) is 15.6 Å². The number of aromatic nitrogens is 1. The number of nitrogens with zero attached hydrogens (tertiary/aromatic N) is 1. The Morgan fingerprint density at radius 3 is 2.65 bits per heavy atom. The monoisotopic (exact) mass is 291 g/mol. The lowest BCUT2D eigenvalue weighted by molar-refractivity contribution is 0.0698. The van der Waals surface area contributed by atoms with Gasteiger partial charge >= 0.3 is 12.0 Å². The Labute approximate surface area is 119 Å². The van der Waals surface area contributed by atoms with E-state index < -0.39 is 12.0 Å². The molecule has 20 heavy (non-hydrogen) atoms. The first-order chi connectivity index (χ1) is 9.56. The minimum atomic E-state index is -1.18. The predicted molar refractivity (Wildman–Crippen MR) is 75.3 cm³/mol. The second-order valence-corrected chi connectivity index (χ2v) is 4.25. The molecule has 0 unspecified atom stereocenters. The zero-order valence-electron chi connectivity index (χ0n) is 10.1. The molecule has 1 aromatic carbocycles. The van der Waals surface area contributed by atoms with Crippen LogP contribution in [0.5, 0.6) is 0 Å². The Hall–Kier alpha value is -2.60. The van der Waals surface area contributed by atoms with Crippen molar-refractivity contribution in [3.05, 3.63) is 53.3 Å².